The first-order valence-electron chi connectivity index (χ1n) is 5.00. The van der Waals surface area contributed by atoms with E-state index in [1.54, 1.807) is 13.0 Å². The van der Waals surface area contributed by atoms with Gasteiger partial charge >= 0.3 is 5.97 Å². The molecule has 1 aromatic rings. The molecule has 0 radical (unpaired) electrons. The Morgan fingerprint density at radius 2 is 2.06 bits per heavy atom. The summed E-state index contributed by atoms with van der Waals surface area (Å²) in [5.74, 6) is -1.82. The predicted octanol–water partition coefficient (Wildman–Crippen LogP) is 3.12. The van der Waals surface area contributed by atoms with Gasteiger partial charge in [0, 0.05) is 0 Å². The second-order valence-electron chi connectivity index (χ2n) is 3.00. The number of carbonyl (C=O) groups is 1. The summed E-state index contributed by atoms with van der Waals surface area (Å²) in [5, 5.41) is 0. The Morgan fingerprint density at radius 1 is 1.38 bits per heavy atom. The standard InChI is InChI=1S/C13H13FO2/c1-2-16-13(15)12(14)10-6-9-11-7-4-3-5-8-11/h3-10H,2H2,1H3. The number of esters is 1. The fourth-order valence-corrected chi connectivity index (χ4v) is 1.08. The summed E-state index contributed by atoms with van der Waals surface area (Å²) < 4.78 is 17.5. The van der Waals surface area contributed by atoms with E-state index in [0.717, 1.165) is 11.6 Å². The topological polar surface area (TPSA) is 26.3 Å². The molecular weight excluding hydrogens is 207 g/mol. The Bertz CT molecular complexity index is 394. The normalized spacial score (nSPS) is 11.8. The first kappa shape index (κ1) is 12.2. The van der Waals surface area contributed by atoms with Gasteiger partial charge in [-0.25, -0.2) is 4.79 Å². The first-order chi connectivity index (χ1) is 7.74. The minimum atomic E-state index is -0.930. The van der Waals surface area contributed by atoms with Crippen LogP contribution in [0, 0.1) is 0 Å². The minimum absolute atomic E-state index is 0.169. The average molecular weight is 220 g/mol. The van der Waals surface area contributed by atoms with Crippen LogP contribution in [0.15, 0.2) is 48.3 Å². The van der Waals surface area contributed by atoms with Crippen molar-refractivity contribution in [3.8, 4) is 0 Å². The molecule has 0 aliphatic heterocycles. The lowest BCUT2D eigenvalue weighted by molar-refractivity contribution is -0.140. The first-order valence-corrected chi connectivity index (χ1v) is 5.00. The number of carbonyl (C=O) groups excluding carboxylic acids is 1. The molecule has 0 fully saturated rings. The van der Waals surface area contributed by atoms with Crippen LogP contribution in [0.2, 0.25) is 0 Å². The number of ether oxygens (including phenoxy) is 1. The second kappa shape index (κ2) is 6.56. The van der Waals surface area contributed by atoms with Crippen LogP contribution in [0.1, 0.15) is 12.5 Å². The highest BCUT2D eigenvalue weighted by atomic mass is 19.1. The molecule has 0 spiro atoms. The van der Waals surface area contributed by atoms with Crippen LogP contribution in [0.5, 0.6) is 0 Å². The quantitative estimate of drug-likeness (QED) is 0.442. The molecule has 0 N–H and O–H groups in total. The maximum atomic E-state index is 13.0. The summed E-state index contributed by atoms with van der Waals surface area (Å²) in [6, 6.07) is 9.42. The fourth-order valence-electron chi connectivity index (χ4n) is 1.08. The molecule has 0 bridgehead atoms. The lowest BCUT2D eigenvalue weighted by Gasteiger charge is -1.96. The Balaban J connectivity index is 2.59. The molecule has 0 aliphatic rings. The third-order valence-corrected chi connectivity index (χ3v) is 1.80. The SMILES string of the molecule is CCOC(=O)C(F)=CC=Cc1ccccc1. The van der Waals surface area contributed by atoms with Crippen molar-refractivity contribution >= 4 is 12.0 Å². The highest BCUT2D eigenvalue weighted by molar-refractivity contribution is 5.86. The van der Waals surface area contributed by atoms with E-state index in [1.165, 1.54) is 6.08 Å². The van der Waals surface area contributed by atoms with Crippen molar-refractivity contribution in [2.45, 2.75) is 6.92 Å². The average Bonchev–Trinajstić information content (AvgIpc) is 2.30. The number of allylic oxidation sites excluding steroid dienone is 2. The van der Waals surface area contributed by atoms with Gasteiger partial charge in [-0.1, -0.05) is 42.5 Å². The van der Waals surface area contributed by atoms with Crippen molar-refractivity contribution in [1.29, 1.82) is 0 Å². The molecule has 1 aromatic carbocycles. The molecule has 0 atom stereocenters. The molecule has 0 amide bonds. The minimum Gasteiger partial charge on any atom is -0.461 e. The van der Waals surface area contributed by atoms with Crippen molar-refractivity contribution < 1.29 is 13.9 Å². The van der Waals surface area contributed by atoms with Crippen LogP contribution in [0.4, 0.5) is 4.39 Å². The van der Waals surface area contributed by atoms with Crippen LogP contribution >= 0.6 is 0 Å². The third kappa shape index (κ3) is 4.09. The smallest absolute Gasteiger partial charge is 0.367 e. The van der Waals surface area contributed by atoms with Gasteiger partial charge in [-0.2, -0.15) is 4.39 Å². The van der Waals surface area contributed by atoms with Gasteiger partial charge in [0.25, 0.3) is 0 Å². The van der Waals surface area contributed by atoms with Gasteiger partial charge in [0.2, 0.25) is 5.83 Å². The van der Waals surface area contributed by atoms with Gasteiger partial charge in [-0.15, -0.1) is 0 Å². The van der Waals surface area contributed by atoms with Gasteiger partial charge in [0.15, 0.2) is 0 Å². The van der Waals surface area contributed by atoms with Crippen molar-refractivity contribution in [2.24, 2.45) is 0 Å². The number of hydrogen-bond donors (Lipinski definition) is 0. The lowest BCUT2D eigenvalue weighted by atomic mass is 10.2. The van der Waals surface area contributed by atoms with Gasteiger partial charge < -0.3 is 4.74 Å². The van der Waals surface area contributed by atoms with E-state index in [0.29, 0.717) is 0 Å². The second-order valence-corrected chi connectivity index (χ2v) is 3.00. The fraction of sp³-hybridized carbons (Fsp3) is 0.154. The van der Waals surface area contributed by atoms with Crippen molar-refractivity contribution in [2.75, 3.05) is 6.61 Å². The van der Waals surface area contributed by atoms with Crippen LogP contribution in [-0.2, 0) is 9.53 Å². The lowest BCUT2D eigenvalue weighted by Crippen LogP contribution is -2.03. The molecule has 84 valence electrons. The highest BCUT2D eigenvalue weighted by Crippen LogP contribution is 2.04. The van der Waals surface area contributed by atoms with E-state index >= 15 is 0 Å². The van der Waals surface area contributed by atoms with Crippen molar-refractivity contribution in [3.05, 3.63) is 53.9 Å². The summed E-state index contributed by atoms with van der Waals surface area (Å²) in [4.78, 5) is 10.9. The van der Waals surface area contributed by atoms with E-state index in [9.17, 15) is 9.18 Å². The van der Waals surface area contributed by atoms with Crippen LogP contribution in [-0.4, -0.2) is 12.6 Å². The summed E-state index contributed by atoms with van der Waals surface area (Å²) >= 11 is 0. The molecule has 0 heterocycles. The predicted molar refractivity (Wildman–Crippen MR) is 61.3 cm³/mol. The summed E-state index contributed by atoms with van der Waals surface area (Å²) in [7, 11) is 0. The zero-order valence-electron chi connectivity index (χ0n) is 9.02. The maximum Gasteiger partial charge on any atom is 0.367 e. The molecule has 0 aliphatic carbocycles. The third-order valence-electron chi connectivity index (χ3n) is 1.80. The van der Waals surface area contributed by atoms with Crippen LogP contribution in [0.3, 0.4) is 0 Å². The molecule has 0 aromatic heterocycles. The van der Waals surface area contributed by atoms with E-state index in [-0.39, 0.29) is 6.61 Å². The number of rotatable bonds is 4. The zero-order valence-corrected chi connectivity index (χ0v) is 9.02. The number of halogens is 1. The largest absolute Gasteiger partial charge is 0.461 e. The molecule has 0 unspecified atom stereocenters. The molecule has 16 heavy (non-hydrogen) atoms. The molecule has 1 rings (SSSR count). The summed E-state index contributed by atoms with van der Waals surface area (Å²) in [6.45, 7) is 1.80. The van der Waals surface area contributed by atoms with E-state index in [4.69, 9.17) is 0 Å². The number of hydrogen-bond acceptors (Lipinski definition) is 2. The van der Waals surface area contributed by atoms with E-state index in [2.05, 4.69) is 4.74 Å². The zero-order chi connectivity index (χ0) is 11.8. The van der Waals surface area contributed by atoms with Crippen LogP contribution in [0.25, 0.3) is 6.08 Å². The molecular formula is C13H13FO2. The van der Waals surface area contributed by atoms with Crippen LogP contribution < -0.4 is 0 Å². The molecule has 0 saturated carbocycles. The van der Waals surface area contributed by atoms with E-state index < -0.39 is 11.8 Å². The van der Waals surface area contributed by atoms with Gasteiger partial charge in [-0.3, -0.25) is 0 Å². The molecule has 2 nitrogen and oxygen atoms in total. The van der Waals surface area contributed by atoms with Gasteiger partial charge in [0.05, 0.1) is 6.61 Å². The monoisotopic (exact) mass is 220 g/mol. The van der Waals surface area contributed by atoms with Gasteiger partial charge in [-0.05, 0) is 18.6 Å². The maximum absolute atomic E-state index is 13.0. The number of benzene rings is 1. The summed E-state index contributed by atoms with van der Waals surface area (Å²) in [5.41, 5.74) is 0.940. The summed E-state index contributed by atoms with van der Waals surface area (Å²) in [6.07, 6.45) is 4.27. The van der Waals surface area contributed by atoms with Gasteiger partial charge in [0.1, 0.15) is 0 Å². The Morgan fingerprint density at radius 3 is 2.69 bits per heavy atom. The Kier molecular flexibility index (Phi) is 4.99. The Hall–Kier alpha value is -1.90. The molecule has 3 heteroatoms. The molecule has 0 saturated heterocycles. The Labute approximate surface area is 94.0 Å². The highest BCUT2D eigenvalue weighted by Gasteiger charge is 2.06. The van der Waals surface area contributed by atoms with Crippen molar-refractivity contribution in [1.82, 2.24) is 0 Å². The van der Waals surface area contributed by atoms with E-state index in [1.807, 2.05) is 30.3 Å². The van der Waals surface area contributed by atoms with Crippen molar-refractivity contribution in [3.63, 3.8) is 0 Å².